The molecule has 8 nitrogen and oxygen atoms in total. The standard InChI is InChI=1S/C15H17N5OS.C8H8O2/c1-17-13(14(16)21)15(18-2)22-9-19-12-8-7-10-5-3-4-6-11(10)20-12;1-10-8-4-2-7(6-9)3-5-8/h3-8,18H,1,9H2,2H3,(H2,16,21)(H,19,20);2-6H,1H3/b15-13-;. The first-order valence-electron chi connectivity index (χ1n) is 9.52. The van der Waals surface area contributed by atoms with Crippen molar-refractivity contribution in [1.29, 1.82) is 0 Å². The first kappa shape index (κ1) is 24.4. The zero-order chi connectivity index (χ0) is 23.3. The second-order valence-electron chi connectivity index (χ2n) is 6.20. The van der Waals surface area contributed by atoms with Crippen LogP contribution >= 0.6 is 11.8 Å². The molecule has 0 spiro atoms. The van der Waals surface area contributed by atoms with Gasteiger partial charge in [0.25, 0.3) is 5.91 Å². The van der Waals surface area contributed by atoms with Crippen LogP contribution in [0.25, 0.3) is 10.9 Å². The van der Waals surface area contributed by atoms with Crippen LogP contribution in [-0.2, 0) is 4.79 Å². The van der Waals surface area contributed by atoms with Crippen LogP contribution in [0.4, 0.5) is 5.82 Å². The van der Waals surface area contributed by atoms with E-state index in [-0.39, 0.29) is 5.70 Å². The number of carbonyl (C=O) groups excluding carboxylic acids is 2. The van der Waals surface area contributed by atoms with E-state index in [0.29, 0.717) is 16.5 Å². The Morgan fingerprint density at radius 3 is 2.50 bits per heavy atom. The zero-order valence-corrected chi connectivity index (χ0v) is 18.7. The molecule has 32 heavy (non-hydrogen) atoms. The fourth-order valence-electron chi connectivity index (χ4n) is 2.55. The number of rotatable bonds is 9. The van der Waals surface area contributed by atoms with Crippen LogP contribution in [0.3, 0.4) is 0 Å². The Morgan fingerprint density at radius 1 is 1.19 bits per heavy atom. The van der Waals surface area contributed by atoms with Gasteiger partial charge in [-0.2, -0.15) is 0 Å². The summed E-state index contributed by atoms with van der Waals surface area (Å²) in [6.45, 7) is 3.36. The molecule has 0 radical (unpaired) electrons. The highest BCUT2D eigenvalue weighted by Crippen LogP contribution is 2.19. The number of nitrogens with two attached hydrogens (primary N) is 1. The number of nitrogens with zero attached hydrogens (tertiary/aromatic N) is 2. The Hall–Kier alpha value is -3.85. The number of fused-ring (bicyclic) bond motifs is 1. The largest absolute Gasteiger partial charge is 0.497 e. The van der Waals surface area contributed by atoms with Crippen LogP contribution < -0.4 is 21.1 Å². The Labute approximate surface area is 191 Å². The highest BCUT2D eigenvalue weighted by atomic mass is 32.2. The van der Waals surface area contributed by atoms with Crippen molar-refractivity contribution < 1.29 is 14.3 Å². The van der Waals surface area contributed by atoms with Crippen molar-refractivity contribution in [2.45, 2.75) is 0 Å². The molecular weight excluding hydrogens is 426 g/mol. The van der Waals surface area contributed by atoms with Crippen LogP contribution in [0.2, 0.25) is 0 Å². The van der Waals surface area contributed by atoms with Gasteiger partial charge in [0.2, 0.25) is 0 Å². The minimum absolute atomic E-state index is 0.126. The van der Waals surface area contributed by atoms with E-state index >= 15 is 0 Å². The number of thioether (sulfide) groups is 1. The number of methoxy groups -OCH3 is 1. The second kappa shape index (κ2) is 12.8. The Morgan fingerprint density at radius 2 is 1.91 bits per heavy atom. The minimum Gasteiger partial charge on any atom is -0.497 e. The lowest BCUT2D eigenvalue weighted by Gasteiger charge is -2.10. The van der Waals surface area contributed by atoms with Crippen molar-refractivity contribution in [2.75, 3.05) is 25.4 Å². The number of aliphatic imine (C=N–C) groups is 1. The third-order valence-electron chi connectivity index (χ3n) is 4.15. The van der Waals surface area contributed by atoms with Crippen molar-refractivity contribution in [3.63, 3.8) is 0 Å². The van der Waals surface area contributed by atoms with E-state index in [1.54, 1.807) is 38.4 Å². The van der Waals surface area contributed by atoms with E-state index in [0.717, 1.165) is 28.8 Å². The molecular formula is C23H25N5O3S. The van der Waals surface area contributed by atoms with Crippen LogP contribution in [-0.4, -0.2) is 43.9 Å². The van der Waals surface area contributed by atoms with Gasteiger partial charge < -0.3 is 21.1 Å². The first-order chi connectivity index (χ1) is 15.5. The molecule has 1 heterocycles. The average Bonchev–Trinajstić information content (AvgIpc) is 2.83. The van der Waals surface area contributed by atoms with Gasteiger partial charge in [-0.1, -0.05) is 30.0 Å². The highest BCUT2D eigenvalue weighted by Gasteiger charge is 2.10. The van der Waals surface area contributed by atoms with Gasteiger partial charge >= 0.3 is 0 Å². The molecule has 0 unspecified atom stereocenters. The summed E-state index contributed by atoms with van der Waals surface area (Å²) in [7, 11) is 3.29. The molecule has 3 rings (SSSR count). The van der Waals surface area contributed by atoms with Crippen LogP contribution in [0.15, 0.2) is 76.4 Å². The molecule has 0 atom stereocenters. The molecule has 166 valence electrons. The molecule has 1 amide bonds. The summed E-state index contributed by atoms with van der Waals surface area (Å²) in [4.78, 5) is 29.6. The lowest BCUT2D eigenvalue weighted by molar-refractivity contribution is -0.114. The molecule has 1 aromatic heterocycles. The van der Waals surface area contributed by atoms with Gasteiger partial charge in [-0.15, -0.1) is 0 Å². The van der Waals surface area contributed by atoms with Gasteiger partial charge in [-0.25, -0.2) is 4.98 Å². The average molecular weight is 452 g/mol. The minimum atomic E-state index is -0.615. The molecule has 9 heteroatoms. The first-order valence-corrected chi connectivity index (χ1v) is 10.5. The van der Waals surface area contributed by atoms with E-state index in [1.165, 1.54) is 11.8 Å². The molecule has 0 aliphatic heterocycles. The molecule has 0 aliphatic rings. The van der Waals surface area contributed by atoms with Crippen molar-refractivity contribution in [3.05, 3.63) is 77.0 Å². The van der Waals surface area contributed by atoms with Crippen LogP contribution in [0, 0.1) is 0 Å². The number of benzene rings is 2. The number of pyridine rings is 1. The lowest BCUT2D eigenvalue weighted by Crippen LogP contribution is -2.19. The number of hydrogen-bond donors (Lipinski definition) is 3. The third kappa shape index (κ3) is 7.13. The van der Waals surface area contributed by atoms with E-state index in [4.69, 9.17) is 10.5 Å². The van der Waals surface area contributed by atoms with E-state index in [1.807, 2.05) is 36.4 Å². The summed E-state index contributed by atoms with van der Waals surface area (Å²) in [5, 5.41) is 7.73. The quantitative estimate of drug-likeness (QED) is 0.197. The van der Waals surface area contributed by atoms with E-state index in [2.05, 4.69) is 27.3 Å². The predicted octanol–water partition coefficient (Wildman–Crippen LogP) is 3.42. The summed E-state index contributed by atoms with van der Waals surface area (Å²) < 4.78 is 4.90. The summed E-state index contributed by atoms with van der Waals surface area (Å²) in [5.41, 5.74) is 6.97. The summed E-state index contributed by atoms with van der Waals surface area (Å²) in [5.74, 6) is 1.42. The number of anilines is 1. The maximum atomic E-state index is 11.3. The fourth-order valence-corrected chi connectivity index (χ4v) is 3.36. The van der Waals surface area contributed by atoms with Gasteiger partial charge in [0.05, 0.1) is 18.5 Å². The molecule has 0 saturated heterocycles. The number of aromatic nitrogens is 1. The number of nitrogens with one attached hydrogen (secondary N) is 2. The summed E-state index contributed by atoms with van der Waals surface area (Å²) in [6, 6.07) is 18.7. The van der Waals surface area contributed by atoms with Gasteiger partial charge in [0, 0.05) is 18.0 Å². The van der Waals surface area contributed by atoms with Gasteiger partial charge in [-0.05, 0) is 49.2 Å². The van der Waals surface area contributed by atoms with Crippen LogP contribution in [0.1, 0.15) is 10.4 Å². The molecule has 0 aliphatic carbocycles. The molecule has 0 saturated carbocycles. The topological polar surface area (TPSA) is 119 Å². The number of hydrogen-bond acceptors (Lipinski definition) is 8. The Balaban J connectivity index is 0.000000303. The maximum absolute atomic E-state index is 11.3. The molecule has 0 bridgehead atoms. The molecule has 3 aromatic rings. The normalized spacial score (nSPS) is 10.8. The fraction of sp³-hybridized carbons (Fsp3) is 0.130. The SMILES string of the molecule is C=N/C(C(N)=O)=C(/NC)SCNc1ccc2ccccc2n1.COc1ccc(C=O)cc1. The Bertz CT molecular complexity index is 1100. The van der Waals surface area contributed by atoms with Gasteiger partial charge in [-0.3, -0.25) is 14.6 Å². The van der Waals surface area contributed by atoms with Crippen molar-refractivity contribution >= 4 is 47.4 Å². The van der Waals surface area contributed by atoms with Gasteiger partial charge in [0.1, 0.15) is 22.9 Å². The summed E-state index contributed by atoms with van der Waals surface area (Å²) in [6.07, 6.45) is 0.805. The maximum Gasteiger partial charge on any atom is 0.269 e. The number of aldehydes is 1. The van der Waals surface area contributed by atoms with E-state index in [9.17, 15) is 9.59 Å². The smallest absolute Gasteiger partial charge is 0.269 e. The summed E-state index contributed by atoms with van der Waals surface area (Å²) >= 11 is 1.37. The molecule has 2 aromatic carbocycles. The van der Waals surface area contributed by atoms with Crippen molar-refractivity contribution in [2.24, 2.45) is 10.7 Å². The van der Waals surface area contributed by atoms with Gasteiger partial charge in [0.15, 0.2) is 5.70 Å². The highest BCUT2D eigenvalue weighted by molar-refractivity contribution is 8.03. The molecule has 4 N–H and O–H groups in total. The van der Waals surface area contributed by atoms with Crippen LogP contribution in [0.5, 0.6) is 5.75 Å². The predicted molar refractivity (Wildman–Crippen MR) is 131 cm³/mol. The number of carbonyl (C=O) groups is 2. The monoisotopic (exact) mass is 451 g/mol. The zero-order valence-electron chi connectivity index (χ0n) is 17.9. The molecule has 0 fully saturated rings. The number of amides is 1. The van der Waals surface area contributed by atoms with E-state index < -0.39 is 5.91 Å². The van der Waals surface area contributed by atoms with Crippen molar-refractivity contribution in [3.8, 4) is 5.75 Å². The second-order valence-corrected chi connectivity index (χ2v) is 7.18. The lowest BCUT2D eigenvalue weighted by atomic mass is 10.2. The van der Waals surface area contributed by atoms with Crippen molar-refractivity contribution in [1.82, 2.24) is 10.3 Å². The number of primary amides is 1. The number of ether oxygens (including phenoxy) is 1. The Kier molecular flexibility index (Phi) is 9.73. The number of para-hydroxylation sites is 1. The third-order valence-corrected chi connectivity index (χ3v) is 5.13.